The van der Waals surface area contributed by atoms with Crippen LogP contribution in [0.25, 0.3) is 10.2 Å². The Morgan fingerprint density at radius 3 is 3.00 bits per heavy atom. The summed E-state index contributed by atoms with van der Waals surface area (Å²) in [7, 11) is 0. The number of nitrogens with zero attached hydrogens (tertiary/aromatic N) is 1. The maximum absolute atomic E-state index is 12.2. The van der Waals surface area contributed by atoms with Crippen molar-refractivity contribution in [3.63, 3.8) is 0 Å². The van der Waals surface area contributed by atoms with Crippen LogP contribution in [-0.4, -0.2) is 22.2 Å². The van der Waals surface area contributed by atoms with Gasteiger partial charge in [-0.1, -0.05) is 24.6 Å². The molecule has 0 spiro atoms. The van der Waals surface area contributed by atoms with Crippen LogP contribution < -0.4 is 11.1 Å². The van der Waals surface area contributed by atoms with Crippen molar-refractivity contribution in [1.29, 1.82) is 0 Å². The van der Waals surface area contributed by atoms with Gasteiger partial charge in [-0.15, -0.1) is 11.3 Å². The molecule has 1 aromatic heterocycles. The summed E-state index contributed by atoms with van der Waals surface area (Å²) in [4.78, 5) is 16.8. The lowest BCUT2D eigenvalue weighted by Crippen LogP contribution is -2.37. The van der Waals surface area contributed by atoms with E-state index in [4.69, 9.17) is 5.73 Å². The average molecular weight is 321 g/mol. The third kappa shape index (κ3) is 3.49. The van der Waals surface area contributed by atoms with E-state index < -0.39 is 0 Å². The smallest absolute Gasteiger partial charge is 0.233 e. The first-order valence-electron chi connectivity index (χ1n) is 7.25. The molecule has 112 valence electrons. The predicted molar refractivity (Wildman–Crippen MR) is 89.8 cm³/mol. The first-order valence-corrected chi connectivity index (χ1v) is 8.94. The Balaban J connectivity index is 1.64. The number of fused-ring (bicyclic) bond motifs is 1. The second-order valence-corrected chi connectivity index (χ2v) is 8.08. The fourth-order valence-corrected chi connectivity index (χ4v) is 4.83. The van der Waals surface area contributed by atoms with E-state index >= 15 is 0 Å². The Hall–Kier alpha value is -1.27. The molecule has 1 amide bonds. The van der Waals surface area contributed by atoms with Crippen LogP contribution in [0.15, 0.2) is 22.5 Å². The number of nitrogens with one attached hydrogen (secondary N) is 1. The maximum atomic E-state index is 12.2. The van der Waals surface area contributed by atoms with Gasteiger partial charge in [-0.05, 0) is 38.0 Å². The van der Waals surface area contributed by atoms with Crippen molar-refractivity contribution in [3.8, 4) is 0 Å². The summed E-state index contributed by atoms with van der Waals surface area (Å²) >= 11 is 3.11. The first kappa shape index (κ1) is 14.7. The van der Waals surface area contributed by atoms with Gasteiger partial charge in [0.05, 0.1) is 15.5 Å². The highest BCUT2D eigenvalue weighted by atomic mass is 32.2. The zero-order valence-electron chi connectivity index (χ0n) is 12.0. The van der Waals surface area contributed by atoms with E-state index in [1.54, 1.807) is 11.3 Å². The van der Waals surface area contributed by atoms with Crippen LogP contribution in [0.5, 0.6) is 0 Å². The molecule has 1 saturated carbocycles. The van der Waals surface area contributed by atoms with E-state index in [1.807, 2.05) is 25.1 Å². The monoisotopic (exact) mass is 321 g/mol. The van der Waals surface area contributed by atoms with Crippen LogP contribution in [0.2, 0.25) is 0 Å². The average Bonchev–Trinajstić information content (AvgIpc) is 3.07. The normalized spacial score (nSPS) is 17.2. The molecular formula is C15H19N3OS2. The second kappa shape index (κ2) is 6.23. The Bertz CT molecular complexity index is 649. The van der Waals surface area contributed by atoms with E-state index in [0.29, 0.717) is 6.04 Å². The van der Waals surface area contributed by atoms with E-state index in [9.17, 15) is 4.79 Å². The minimum Gasteiger partial charge on any atom is -0.399 e. The molecule has 1 aliphatic carbocycles. The van der Waals surface area contributed by atoms with Crippen LogP contribution in [0.3, 0.4) is 0 Å². The van der Waals surface area contributed by atoms with Gasteiger partial charge < -0.3 is 11.1 Å². The zero-order chi connectivity index (χ0) is 14.8. The van der Waals surface area contributed by atoms with Crippen LogP contribution >= 0.6 is 23.1 Å². The van der Waals surface area contributed by atoms with Gasteiger partial charge in [0, 0.05) is 11.7 Å². The maximum Gasteiger partial charge on any atom is 0.233 e. The number of thiazole rings is 1. The number of nitrogen functional groups attached to an aromatic ring is 1. The lowest BCUT2D eigenvalue weighted by atomic mass is 10.2. The van der Waals surface area contributed by atoms with Crippen molar-refractivity contribution in [1.82, 2.24) is 10.3 Å². The van der Waals surface area contributed by atoms with Gasteiger partial charge in [0.15, 0.2) is 4.34 Å². The summed E-state index contributed by atoms with van der Waals surface area (Å²) in [5.41, 5.74) is 7.47. The minimum atomic E-state index is -0.122. The molecule has 1 unspecified atom stereocenters. The molecule has 21 heavy (non-hydrogen) atoms. The molecular weight excluding hydrogens is 302 g/mol. The number of aromatic nitrogens is 1. The minimum absolute atomic E-state index is 0.116. The van der Waals surface area contributed by atoms with Gasteiger partial charge in [-0.25, -0.2) is 4.98 Å². The van der Waals surface area contributed by atoms with Crippen molar-refractivity contribution in [2.24, 2.45) is 0 Å². The van der Waals surface area contributed by atoms with Crippen molar-refractivity contribution in [2.45, 2.75) is 48.2 Å². The van der Waals surface area contributed by atoms with Crippen LogP contribution in [-0.2, 0) is 4.79 Å². The molecule has 3 N–H and O–H groups in total. The molecule has 4 nitrogen and oxygen atoms in total. The topological polar surface area (TPSA) is 68.0 Å². The molecule has 1 heterocycles. The van der Waals surface area contributed by atoms with E-state index in [2.05, 4.69) is 10.3 Å². The van der Waals surface area contributed by atoms with Crippen molar-refractivity contribution in [3.05, 3.63) is 18.2 Å². The highest BCUT2D eigenvalue weighted by molar-refractivity contribution is 8.02. The van der Waals surface area contributed by atoms with Crippen molar-refractivity contribution in [2.75, 3.05) is 5.73 Å². The predicted octanol–water partition coefficient (Wildman–Crippen LogP) is 3.42. The number of carbonyl (C=O) groups is 1. The number of rotatable bonds is 4. The van der Waals surface area contributed by atoms with Gasteiger partial charge in [0.25, 0.3) is 0 Å². The molecule has 1 aromatic carbocycles. The lowest BCUT2D eigenvalue weighted by Gasteiger charge is -2.15. The second-order valence-electron chi connectivity index (χ2n) is 5.46. The van der Waals surface area contributed by atoms with Gasteiger partial charge in [0.2, 0.25) is 5.91 Å². The molecule has 1 fully saturated rings. The molecule has 1 aliphatic rings. The molecule has 0 saturated heterocycles. The Morgan fingerprint density at radius 2 is 2.24 bits per heavy atom. The molecule has 1 atom stereocenters. The van der Waals surface area contributed by atoms with E-state index in [-0.39, 0.29) is 11.2 Å². The Labute approximate surface area is 132 Å². The molecule has 6 heteroatoms. The van der Waals surface area contributed by atoms with Crippen molar-refractivity contribution < 1.29 is 4.79 Å². The van der Waals surface area contributed by atoms with Gasteiger partial charge in [-0.3, -0.25) is 4.79 Å². The third-order valence-electron chi connectivity index (χ3n) is 3.74. The van der Waals surface area contributed by atoms with Crippen LogP contribution in [0, 0.1) is 0 Å². The molecule has 0 radical (unpaired) electrons. The van der Waals surface area contributed by atoms with Gasteiger partial charge in [0.1, 0.15) is 0 Å². The van der Waals surface area contributed by atoms with E-state index in [0.717, 1.165) is 33.1 Å². The summed E-state index contributed by atoms with van der Waals surface area (Å²) in [6, 6.07) is 6.08. The number of anilines is 1. The summed E-state index contributed by atoms with van der Waals surface area (Å²) in [6.07, 6.45) is 4.69. The highest BCUT2D eigenvalue weighted by Crippen LogP contribution is 2.33. The fourth-order valence-electron chi connectivity index (χ4n) is 2.56. The van der Waals surface area contributed by atoms with Crippen molar-refractivity contribution >= 4 is 44.9 Å². The highest BCUT2D eigenvalue weighted by Gasteiger charge is 2.22. The number of hydrogen-bond acceptors (Lipinski definition) is 5. The molecule has 3 rings (SSSR count). The first-order chi connectivity index (χ1) is 10.1. The Morgan fingerprint density at radius 1 is 1.48 bits per heavy atom. The molecule has 0 bridgehead atoms. The number of amides is 1. The number of nitrogens with two attached hydrogens (primary N) is 1. The summed E-state index contributed by atoms with van der Waals surface area (Å²) in [6.45, 7) is 1.94. The third-order valence-corrected chi connectivity index (χ3v) is 5.95. The largest absolute Gasteiger partial charge is 0.399 e. The SMILES string of the molecule is CC(Sc1nc2ccc(N)cc2s1)C(=O)NC1CCCC1. The molecule has 0 aliphatic heterocycles. The zero-order valence-corrected chi connectivity index (χ0v) is 13.6. The standard InChI is InChI=1S/C15H19N3OS2/c1-9(14(19)17-11-4-2-3-5-11)20-15-18-12-7-6-10(16)8-13(12)21-15/h6-9,11H,2-5,16H2,1H3,(H,17,19). The molecule has 2 aromatic rings. The number of hydrogen-bond donors (Lipinski definition) is 2. The fraction of sp³-hybridized carbons (Fsp3) is 0.467. The van der Waals surface area contributed by atoms with Crippen LogP contribution in [0.4, 0.5) is 5.69 Å². The number of carbonyl (C=O) groups excluding carboxylic acids is 1. The number of benzene rings is 1. The van der Waals surface area contributed by atoms with E-state index in [1.165, 1.54) is 24.6 Å². The van der Waals surface area contributed by atoms with Crippen LogP contribution in [0.1, 0.15) is 32.6 Å². The summed E-state index contributed by atoms with van der Waals surface area (Å²) in [5.74, 6) is 0.116. The lowest BCUT2D eigenvalue weighted by molar-refractivity contribution is -0.120. The summed E-state index contributed by atoms with van der Waals surface area (Å²) in [5, 5.41) is 3.02. The van der Waals surface area contributed by atoms with Gasteiger partial charge >= 0.3 is 0 Å². The number of thioether (sulfide) groups is 1. The quantitative estimate of drug-likeness (QED) is 0.669. The Kier molecular flexibility index (Phi) is 4.35. The summed E-state index contributed by atoms with van der Waals surface area (Å²) < 4.78 is 1.99. The van der Waals surface area contributed by atoms with Gasteiger partial charge in [-0.2, -0.15) is 0 Å².